The lowest BCUT2D eigenvalue weighted by Gasteiger charge is -2.24. The summed E-state index contributed by atoms with van der Waals surface area (Å²) in [5.41, 5.74) is 2.80. The minimum Gasteiger partial charge on any atom is -0.504 e. The van der Waals surface area contributed by atoms with E-state index in [1.165, 1.54) is 19.2 Å². The van der Waals surface area contributed by atoms with Crippen LogP contribution in [0.3, 0.4) is 0 Å². The number of aliphatic imine (C=N–C) groups is 1. The summed E-state index contributed by atoms with van der Waals surface area (Å²) in [7, 11) is 1.45. The first-order valence-electron chi connectivity index (χ1n) is 7.31. The number of rotatable bonds is 1. The maximum atomic E-state index is 13.1. The predicted octanol–water partition coefficient (Wildman–Crippen LogP) is 2.84. The quantitative estimate of drug-likeness (QED) is 0.881. The van der Waals surface area contributed by atoms with Gasteiger partial charge in [-0.1, -0.05) is 18.2 Å². The van der Waals surface area contributed by atoms with Gasteiger partial charge in [0.1, 0.15) is 0 Å². The molecule has 5 nitrogen and oxygen atoms in total. The molecule has 0 saturated carbocycles. The SMILES string of the molecule is COc1cc2c(cc1O)N=C=CC1Cc3ccccc3N1C2=O. The lowest BCUT2D eigenvalue weighted by atomic mass is 10.1. The van der Waals surface area contributed by atoms with Crippen molar-refractivity contribution in [1.29, 1.82) is 0 Å². The molecule has 0 bridgehead atoms. The number of fused-ring (bicyclic) bond motifs is 4. The maximum absolute atomic E-state index is 13.1. The lowest BCUT2D eigenvalue weighted by Crippen LogP contribution is -2.37. The molecular weight excluding hydrogens is 292 g/mol. The van der Waals surface area contributed by atoms with Crippen LogP contribution in [-0.2, 0) is 6.42 Å². The fourth-order valence-electron chi connectivity index (χ4n) is 3.11. The fraction of sp³-hybridized carbons (Fsp3) is 0.167. The Balaban J connectivity index is 1.92. The van der Waals surface area contributed by atoms with Crippen molar-refractivity contribution in [3.63, 3.8) is 0 Å². The van der Waals surface area contributed by atoms with Gasteiger partial charge in [-0.05, 0) is 30.0 Å². The highest BCUT2D eigenvalue weighted by atomic mass is 16.5. The monoisotopic (exact) mass is 306 g/mol. The van der Waals surface area contributed by atoms with Gasteiger partial charge in [0.05, 0.1) is 24.4 Å². The Bertz CT molecular complexity index is 882. The summed E-state index contributed by atoms with van der Waals surface area (Å²) < 4.78 is 5.12. The standard InChI is InChI=1S/C18H14N2O3/c1-23-17-9-13-14(10-16(17)21)19-7-6-12-8-11-4-2-3-5-15(11)20(12)18(13)22/h2-6,9-10,12,21H,8H2,1H3. The third kappa shape index (κ3) is 2.02. The molecule has 2 aromatic carbocycles. The number of methoxy groups -OCH3 is 1. The third-order valence-corrected chi connectivity index (χ3v) is 4.21. The van der Waals surface area contributed by atoms with Crippen LogP contribution in [0.5, 0.6) is 11.5 Å². The number of nitrogens with zero attached hydrogens (tertiary/aromatic N) is 2. The second-order valence-corrected chi connectivity index (χ2v) is 5.52. The minimum atomic E-state index is -0.158. The topological polar surface area (TPSA) is 62.1 Å². The molecule has 0 spiro atoms. The zero-order valence-corrected chi connectivity index (χ0v) is 12.5. The van der Waals surface area contributed by atoms with Gasteiger partial charge in [-0.2, -0.15) is 0 Å². The van der Waals surface area contributed by atoms with Crippen molar-refractivity contribution in [2.45, 2.75) is 12.5 Å². The minimum absolute atomic E-state index is 0.0523. The number of ether oxygens (including phenoxy) is 1. The van der Waals surface area contributed by atoms with Crippen LogP contribution in [-0.4, -0.2) is 30.0 Å². The van der Waals surface area contributed by atoms with Crippen LogP contribution in [0.25, 0.3) is 0 Å². The number of hydrogen-bond donors (Lipinski definition) is 1. The van der Waals surface area contributed by atoms with Gasteiger partial charge in [0.2, 0.25) is 0 Å². The van der Waals surface area contributed by atoms with Gasteiger partial charge in [-0.3, -0.25) is 4.79 Å². The molecule has 1 atom stereocenters. The van der Waals surface area contributed by atoms with E-state index in [-0.39, 0.29) is 23.4 Å². The van der Waals surface area contributed by atoms with Gasteiger partial charge in [0.25, 0.3) is 5.91 Å². The zero-order valence-electron chi connectivity index (χ0n) is 12.5. The molecule has 114 valence electrons. The highest BCUT2D eigenvalue weighted by molar-refractivity contribution is 6.12. The highest BCUT2D eigenvalue weighted by Gasteiger charge is 2.34. The Morgan fingerprint density at radius 2 is 2.17 bits per heavy atom. The van der Waals surface area contributed by atoms with Crippen molar-refractivity contribution in [1.82, 2.24) is 0 Å². The molecule has 1 unspecified atom stereocenters. The Hall–Kier alpha value is -3.04. The van der Waals surface area contributed by atoms with E-state index in [1.54, 1.807) is 11.0 Å². The molecule has 2 heterocycles. The second-order valence-electron chi connectivity index (χ2n) is 5.52. The third-order valence-electron chi connectivity index (χ3n) is 4.21. The molecular formula is C18H14N2O3. The van der Waals surface area contributed by atoms with E-state index < -0.39 is 0 Å². The molecule has 2 aromatic rings. The fourth-order valence-corrected chi connectivity index (χ4v) is 3.11. The molecule has 0 aliphatic carbocycles. The summed E-state index contributed by atoms with van der Waals surface area (Å²) in [6.45, 7) is 0. The summed E-state index contributed by atoms with van der Waals surface area (Å²) in [5, 5.41) is 9.91. The average molecular weight is 306 g/mol. The number of hydrogen-bond acceptors (Lipinski definition) is 4. The summed E-state index contributed by atoms with van der Waals surface area (Å²) in [4.78, 5) is 19.0. The number of anilines is 1. The first-order chi connectivity index (χ1) is 11.2. The van der Waals surface area contributed by atoms with E-state index in [1.807, 2.05) is 24.3 Å². The first kappa shape index (κ1) is 13.6. The Morgan fingerprint density at radius 3 is 3.00 bits per heavy atom. The Labute approximate surface area is 133 Å². The molecule has 0 fully saturated rings. The number of aromatic hydroxyl groups is 1. The van der Waals surface area contributed by atoms with Crippen LogP contribution in [0, 0.1) is 0 Å². The number of phenols is 1. The van der Waals surface area contributed by atoms with Gasteiger partial charge in [0.15, 0.2) is 11.5 Å². The van der Waals surface area contributed by atoms with Crippen molar-refractivity contribution in [2.24, 2.45) is 4.99 Å². The van der Waals surface area contributed by atoms with Crippen LogP contribution < -0.4 is 9.64 Å². The predicted molar refractivity (Wildman–Crippen MR) is 87.1 cm³/mol. The first-order valence-corrected chi connectivity index (χ1v) is 7.31. The highest BCUT2D eigenvalue weighted by Crippen LogP contribution is 2.39. The van der Waals surface area contributed by atoms with E-state index in [0.717, 1.165) is 17.7 Å². The van der Waals surface area contributed by atoms with Gasteiger partial charge in [-0.15, -0.1) is 0 Å². The number of carbonyl (C=O) groups is 1. The molecule has 1 amide bonds. The van der Waals surface area contributed by atoms with Crippen LogP contribution in [0.2, 0.25) is 0 Å². The van der Waals surface area contributed by atoms with Crippen molar-refractivity contribution in [3.8, 4) is 11.5 Å². The number of para-hydroxylation sites is 1. The Kier molecular flexibility index (Phi) is 2.96. The van der Waals surface area contributed by atoms with Crippen molar-refractivity contribution in [3.05, 3.63) is 53.6 Å². The number of carbonyl (C=O) groups excluding carboxylic acids is 1. The molecule has 2 aliphatic heterocycles. The molecule has 23 heavy (non-hydrogen) atoms. The molecule has 0 saturated heterocycles. The maximum Gasteiger partial charge on any atom is 0.261 e. The average Bonchev–Trinajstić information content (AvgIpc) is 2.91. The number of amides is 1. The van der Waals surface area contributed by atoms with Crippen molar-refractivity contribution in [2.75, 3.05) is 12.0 Å². The van der Waals surface area contributed by atoms with Gasteiger partial charge >= 0.3 is 0 Å². The van der Waals surface area contributed by atoms with E-state index in [4.69, 9.17) is 4.74 Å². The molecule has 5 heteroatoms. The molecule has 4 rings (SSSR count). The zero-order chi connectivity index (χ0) is 16.0. The van der Waals surface area contributed by atoms with Crippen LogP contribution in [0.15, 0.2) is 47.5 Å². The smallest absolute Gasteiger partial charge is 0.261 e. The number of benzene rings is 2. The van der Waals surface area contributed by atoms with Gasteiger partial charge < -0.3 is 14.7 Å². The Morgan fingerprint density at radius 1 is 1.35 bits per heavy atom. The largest absolute Gasteiger partial charge is 0.504 e. The molecule has 2 aliphatic rings. The van der Waals surface area contributed by atoms with E-state index in [9.17, 15) is 9.90 Å². The normalized spacial score (nSPS) is 18.0. The summed E-state index contributed by atoms with van der Waals surface area (Å²) in [6, 6.07) is 10.7. The van der Waals surface area contributed by atoms with Gasteiger partial charge in [-0.25, -0.2) is 4.99 Å². The molecule has 1 N–H and O–H groups in total. The number of phenolic OH excluding ortho intramolecular Hbond substituents is 1. The summed E-state index contributed by atoms with van der Waals surface area (Å²) in [5.74, 6) is 2.93. The van der Waals surface area contributed by atoms with Gasteiger partial charge in [0, 0.05) is 17.8 Å². The second kappa shape index (κ2) is 5.00. The van der Waals surface area contributed by atoms with Crippen molar-refractivity contribution >= 4 is 23.2 Å². The van der Waals surface area contributed by atoms with Crippen LogP contribution >= 0.6 is 0 Å². The molecule has 0 aromatic heterocycles. The summed E-state index contributed by atoms with van der Waals surface area (Å²) >= 11 is 0. The van der Waals surface area contributed by atoms with Crippen LogP contribution in [0.1, 0.15) is 15.9 Å². The van der Waals surface area contributed by atoms with E-state index in [2.05, 4.69) is 10.9 Å². The van der Waals surface area contributed by atoms with Crippen LogP contribution in [0.4, 0.5) is 11.4 Å². The molecule has 0 radical (unpaired) electrons. The van der Waals surface area contributed by atoms with E-state index in [0.29, 0.717) is 11.3 Å². The summed E-state index contributed by atoms with van der Waals surface area (Å²) in [6.07, 6.45) is 2.54. The lowest BCUT2D eigenvalue weighted by molar-refractivity contribution is 0.0984. The van der Waals surface area contributed by atoms with E-state index >= 15 is 0 Å². The van der Waals surface area contributed by atoms with Crippen molar-refractivity contribution < 1.29 is 14.6 Å².